The Labute approximate surface area is 112 Å². The van der Waals surface area contributed by atoms with Gasteiger partial charge >= 0.3 is 0 Å². The van der Waals surface area contributed by atoms with Gasteiger partial charge < -0.3 is 15.2 Å². The summed E-state index contributed by atoms with van der Waals surface area (Å²) in [4.78, 5) is 0. The molecule has 0 atom stereocenters. The number of hydrogen-bond donors (Lipinski definition) is 2. The summed E-state index contributed by atoms with van der Waals surface area (Å²) in [5.74, 6) is 2.32. The molecule has 0 bridgehead atoms. The molecule has 2 rings (SSSR count). The van der Waals surface area contributed by atoms with Gasteiger partial charge in [-0.05, 0) is 55.0 Å². The van der Waals surface area contributed by atoms with E-state index in [9.17, 15) is 0 Å². The molecular weight excluding hydrogens is 240 g/mol. The highest BCUT2D eigenvalue weighted by atomic mass is 16.5. The second kappa shape index (κ2) is 5.44. The van der Waals surface area contributed by atoms with Crippen LogP contribution in [-0.2, 0) is 0 Å². The van der Waals surface area contributed by atoms with Gasteiger partial charge in [-0.2, -0.15) is 0 Å². The summed E-state index contributed by atoms with van der Waals surface area (Å²) in [6, 6.07) is 12.8. The minimum Gasteiger partial charge on any atom is -0.497 e. The second-order valence-corrected chi connectivity index (χ2v) is 4.17. The average Bonchev–Trinajstić information content (AvgIpc) is 2.41. The highest BCUT2D eigenvalue weighted by Gasteiger charge is 2.04. The fourth-order valence-corrected chi connectivity index (χ4v) is 1.70. The summed E-state index contributed by atoms with van der Waals surface area (Å²) in [5, 5.41) is 7.39. The standard InChI is InChI=1S/C15H16N2O2/c1-10-9-11(15(16)17)3-8-14(10)19-13-6-4-12(18-2)5-7-13/h3-9H,1-2H3,(H3,16,17). The van der Waals surface area contributed by atoms with E-state index >= 15 is 0 Å². The Kier molecular flexibility index (Phi) is 3.71. The monoisotopic (exact) mass is 256 g/mol. The number of nitrogen functional groups attached to an aromatic ring is 1. The number of hydrogen-bond acceptors (Lipinski definition) is 3. The third-order valence-electron chi connectivity index (χ3n) is 2.77. The van der Waals surface area contributed by atoms with Crippen LogP contribution in [0.2, 0.25) is 0 Å². The van der Waals surface area contributed by atoms with Crippen LogP contribution in [0, 0.1) is 12.3 Å². The molecule has 0 aromatic heterocycles. The van der Waals surface area contributed by atoms with Crippen molar-refractivity contribution in [1.82, 2.24) is 0 Å². The van der Waals surface area contributed by atoms with Gasteiger partial charge in [0.15, 0.2) is 0 Å². The summed E-state index contributed by atoms with van der Waals surface area (Å²) in [6.45, 7) is 1.92. The van der Waals surface area contributed by atoms with Crippen molar-refractivity contribution in [3.05, 3.63) is 53.6 Å². The van der Waals surface area contributed by atoms with Crippen LogP contribution < -0.4 is 15.2 Å². The van der Waals surface area contributed by atoms with Crippen molar-refractivity contribution in [3.63, 3.8) is 0 Å². The van der Waals surface area contributed by atoms with Crippen LogP contribution >= 0.6 is 0 Å². The zero-order chi connectivity index (χ0) is 13.8. The topological polar surface area (TPSA) is 68.3 Å². The van der Waals surface area contributed by atoms with Crippen LogP contribution in [-0.4, -0.2) is 12.9 Å². The summed E-state index contributed by atoms with van der Waals surface area (Å²) in [6.07, 6.45) is 0. The first-order chi connectivity index (χ1) is 9.10. The summed E-state index contributed by atoms with van der Waals surface area (Å²) in [5.41, 5.74) is 7.07. The molecule has 98 valence electrons. The van der Waals surface area contributed by atoms with Crippen LogP contribution in [0.15, 0.2) is 42.5 Å². The second-order valence-electron chi connectivity index (χ2n) is 4.17. The van der Waals surface area contributed by atoms with Crippen LogP contribution in [0.5, 0.6) is 17.2 Å². The molecule has 0 spiro atoms. The van der Waals surface area contributed by atoms with Crippen molar-refractivity contribution in [2.45, 2.75) is 6.92 Å². The molecule has 0 fully saturated rings. The Hall–Kier alpha value is -2.49. The van der Waals surface area contributed by atoms with E-state index in [4.69, 9.17) is 20.6 Å². The molecular formula is C15H16N2O2. The summed E-state index contributed by atoms with van der Waals surface area (Å²) < 4.78 is 10.9. The molecule has 0 aliphatic carbocycles. The Morgan fingerprint density at radius 2 is 1.68 bits per heavy atom. The molecule has 4 heteroatoms. The zero-order valence-electron chi connectivity index (χ0n) is 10.9. The molecule has 0 saturated carbocycles. The van der Waals surface area contributed by atoms with Gasteiger partial charge in [-0.1, -0.05) is 0 Å². The maximum Gasteiger partial charge on any atom is 0.130 e. The van der Waals surface area contributed by atoms with Crippen LogP contribution in [0.25, 0.3) is 0 Å². The first-order valence-corrected chi connectivity index (χ1v) is 5.87. The van der Waals surface area contributed by atoms with E-state index < -0.39 is 0 Å². The van der Waals surface area contributed by atoms with E-state index in [0.29, 0.717) is 5.56 Å². The molecule has 0 amide bonds. The normalized spacial score (nSPS) is 10.0. The van der Waals surface area contributed by atoms with Crippen LogP contribution in [0.3, 0.4) is 0 Å². The lowest BCUT2D eigenvalue weighted by molar-refractivity contribution is 0.412. The first kappa shape index (κ1) is 13.0. The van der Waals surface area contributed by atoms with Gasteiger partial charge in [0.1, 0.15) is 23.1 Å². The molecule has 0 aliphatic heterocycles. The number of rotatable bonds is 4. The third kappa shape index (κ3) is 3.04. The Morgan fingerprint density at radius 1 is 1.05 bits per heavy atom. The highest BCUT2D eigenvalue weighted by Crippen LogP contribution is 2.27. The van der Waals surface area contributed by atoms with Crippen molar-refractivity contribution >= 4 is 5.84 Å². The zero-order valence-corrected chi connectivity index (χ0v) is 10.9. The molecule has 0 aliphatic rings. The van der Waals surface area contributed by atoms with Crippen LogP contribution in [0.1, 0.15) is 11.1 Å². The number of benzene rings is 2. The van der Waals surface area contributed by atoms with Gasteiger partial charge in [-0.25, -0.2) is 0 Å². The van der Waals surface area contributed by atoms with Crippen molar-refractivity contribution in [1.29, 1.82) is 5.41 Å². The van der Waals surface area contributed by atoms with E-state index in [1.165, 1.54) is 0 Å². The average molecular weight is 256 g/mol. The van der Waals surface area contributed by atoms with Crippen molar-refractivity contribution in [3.8, 4) is 17.2 Å². The molecule has 3 N–H and O–H groups in total. The molecule has 0 radical (unpaired) electrons. The molecule has 19 heavy (non-hydrogen) atoms. The predicted octanol–water partition coefficient (Wildman–Crippen LogP) is 3.08. The van der Waals surface area contributed by atoms with Gasteiger partial charge in [0, 0.05) is 5.56 Å². The molecule has 2 aromatic carbocycles. The summed E-state index contributed by atoms with van der Waals surface area (Å²) in [7, 11) is 1.63. The molecule has 0 unspecified atom stereocenters. The fraction of sp³-hybridized carbons (Fsp3) is 0.133. The van der Waals surface area contributed by atoms with E-state index in [1.54, 1.807) is 13.2 Å². The number of ether oxygens (including phenoxy) is 2. The number of amidine groups is 1. The fourth-order valence-electron chi connectivity index (χ4n) is 1.70. The molecule has 0 heterocycles. The lowest BCUT2D eigenvalue weighted by atomic mass is 10.1. The lowest BCUT2D eigenvalue weighted by Gasteiger charge is -2.10. The molecule has 0 saturated heterocycles. The summed E-state index contributed by atoms with van der Waals surface area (Å²) >= 11 is 0. The minimum atomic E-state index is 0.0547. The third-order valence-corrected chi connectivity index (χ3v) is 2.77. The molecule has 2 aromatic rings. The Bertz CT molecular complexity index is 592. The number of aryl methyl sites for hydroxylation is 1. The minimum absolute atomic E-state index is 0.0547. The number of methoxy groups -OCH3 is 1. The Morgan fingerprint density at radius 3 is 2.21 bits per heavy atom. The van der Waals surface area contributed by atoms with Crippen molar-refractivity contribution in [2.24, 2.45) is 5.73 Å². The number of nitrogens with two attached hydrogens (primary N) is 1. The maximum atomic E-state index is 7.39. The SMILES string of the molecule is COc1ccc(Oc2ccc(C(=N)N)cc2C)cc1. The molecule has 4 nitrogen and oxygen atoms in total. The predicted molar refractivity (Wildman–Crippen MR) is 75.3 cm³/mol. The van der Waals surface area contributed by atoms with Gasteiger partial charge in [-0.15, -0.1) is 0 Å². The quantitative estimate of drug-likeness (QED) is 0.652. The van der Waals surface area contributed by atoms with Gasteiger partial charge in [-0.3, -0.25) is 5.41 Å². The highest BCUT2D eigenvalue weighted by molar-refractivity contribution is 5.95. The smallest absolute Gasteiger partial charge is 0.130 e. The first-order valence-electron chi connectivity index (χ1n) is 5.87. The van der Waals surface area contributed by atoms with Gasteiger partial charge in [0.05, 0.1) is 7.11 Å². The maximum absolute atomic E-state index is 7.39. The van der Waals surface area contributed by atoms with E-state index in [1.807, 2.05) is 43.3 Å². The van der Waals surface area contributed by atoms with E-state index in [2.05, 4.69) is 0 Å². The number of nitrogens with one attached hydrogen (secondary N) is 1. The van der Waals surface area contributed by atoms with E-state index in [0.717, 1.165) is 22.8 Å². The van der Waals surface area contributed by atoms with E-state index in [-0.39, 0.29) is 5.84 Å². The Balaban J connectivity index is 2.20. The van der Waals surface area contributed by atoms with Crippen LogP contribution in [0.4, 0.5) is 0 Å². The largest absolute Gasteiger partial charge is 0.497 e. The van der Waals surface area contributed by atoms with Gasteiger partial charge in [0.25, 0.3) is 0 Å². The van der Waals surface area contributed by atoms with Crippen molar-refractivity contribution in [2.75, 3.05) is 7.11 Å². The van der Waals surface area contributed by atoms with Crippen molar-refractivity contribution < 1.29 is 9.47 Å². The van der Waals surface area contributed by atoms with Gasteiger partial charge in [0.2, 0.25) is 0 Å². The lowest BCUT2D eigenvalue weighted by Crippen LogP contribution is -2.11.